The van der Waals surface area contributed by atoms with Crippen LogP contribution in [-0.2, 0) is 6.42 Å². The molecule has 0 aromatic carbocycles. The molecule has 0 amide bonds. The van der Waals surface area contributed by atoms with Crippen molar-refractivity contribution in [1.82, 2.24) is 15.5 Å². The van der Waals surface area contributed by atoms with Gasteiger partial charge in [-0.3, -0.25) is 0 Å². The van der Waals surface area contributed by atoms with Crippen LogP contribution in [0.4, 0.5) is 0 Å². The van der Waals surface area contributed by atoms with Gasteiger partial charge in [0.05, 0.1) is 5.02 Å². The predicted molar refractivity (Wildman–Crippen MR) is 64.9 cm³/mol. The Bertz CT molecular complexity index is 454. The van der Waals surface area contributed by atoms with E-state index in [2.05, 4.69) is 15.5 Å². The second kappa shape index (κ2) is 5.43. The van der Waals surface area contributed by atoms with Crippen LogP contribution in [0.2, 0.25) is 5.02 Å². The summed E-state index contributed by atoms with van der Waals surface area (Å²) in [6.45, 7) is 0.942. The zero-order valence-corrected chi connectivity index (χ0v) is 10.4. The number of thiophene rings is 1. The first-order valence-electron chi connectivity index (χ1n) is 5.01. The van der Waals surface area contributed by atoms with Gasteiger partial charge < -0.3 is 9.73 Å². The fourth-order valence-electron chi connectivity index (χ4n) is 1.31. The number of hydrogen-bond donors (Lipinski definition) is 1. The van der Waals surface area contributed by atoms with Gasteiger partial charge in [-0.2, -0.15) is 0 Å². The van der Waals surface area contributed by atoms with Crippen molar-refractivity contribution in [1.29, 1.82) is 0 Å². The van der Waals surface area contributed by atoms with Crippen LogP contribution in [-0.4, -0.2) is 23.8 Å². The third kappa shape index (κ3) is 2.61. The summed E-state index contributed by atoms with van der Waals surface area (Å²) in [5.74, 6) is 1.18. The van der Waals surface area contributed by atoms with Crippen molar-refractivity contribution in [3.8, 4) is 10.8 Å². The molecule has 86 valence electrons. The van der Waals surface area contributed by atoms with E-state index in [1.54, 1.807) is 0 Å². The lowest BCUT2D eigenvalue weighted by atomic mass is 10.3. The summed E-state index contributed by atoms with van der Waals surface area (Å²) in [5.41, 5.74) is 0. The molecule has 2 heterocycles. The molecule has 6 heteroatoms. The molecule has 16 heavy (non-hydrogen) atoms. The largest absolute Gasteiger partial charge is 0.420 e. The molecule has 0 radical (unpaired) electrons. The standard InChI is InChI=1S/C10H12ClN3OS/c1-12-5-2-3-8-13-14-10(15-8)9-7(11)4-6-16-9/h4,6,12H,2-3,5H2,1H3. The monoisotopic (exact) mass is 257 g/mol. The Morgan fingerprint density at radius 3 is 3.06 bits per heavy atom. The minimum atomic E-state index is 0.513. The quantitative estimate of drug-likeness (QED) is 0.837. The molecule has 0 aliphatic rings. The van der Waals surface area contributed by atoms with Gasteiger partial charge in [0.1, 0.15) is 4.88 Å². The average molecular weight is 258 g/mol. The summed E-state index contributed by atoms with van der Waals surface area (Å²) in [6.07, 6.45) is 1.77. The maximum atomic E-state index is 5.98. The Kier molecular flexibility index (Phi) is 3.93. The van der Waals surface area contributed by atoms with Crippen molar-refractivity contribution in [3.05, 3.63) is 22.4 Å². The Morgan fingerprint density at radius 2 is 2.38 bits per heavy atom. The second-order valence-electron chi connectivity index (χ2n) is 3.31. The van der Waals surface area contributed by atoms with E-state index in [9.17, 15) is 0 Å². The van der Waals surface area contributed by atoms with Crippen molar-refractivity contribution >= 4 is 22.9 Å². The van der Waals surface area contributed by atoms with Crippen LogP contribution in [0.1, 0.15) is 12.3 Å². The molecular formula is C10H12ClN3OS. The van der Waals surface area contributed by atoms with Crippen molar-refractivity contribution in [2.45, 2.75) is 12.8 Å². The van der Waals surface area contributed by atoms with E-state index in [0.717, 1.165) is 24.3 Å². The number of nitrogens with one attached hydrogen (secondary N) is 1. The second-order valence-corrected chi connectivity index (χ2v) is 4.63. The molecule has 0 fully saturated rings. The predicted octanol–water partition coefficient (Wildman–Crippen LogP) is 2.60. The van der Waals surface area contributed by atoms with E-state index in [-0.39, 0.29) is 0 Å². The molecule has 0 saturated heterocycles. The smallest absolute Gasteiger partial charge is 0.259 e. The third-order valence-electron chi connectivity index (χ3n) is 2.10. The number of aromatic nitrogens is 2. The fraction of sp³-hybridized carbons (Fsp3) is 0.400. The molecule has 0 aliphatic carbocycles. The van der Waals surface area contributed by atoms with Crippen molar-refractivity contribution in [2.24, 2.45) is 0 Å². The summed E-state index contributed by atoms with van der Waals surface area (Å²) >= 11 is 7.49. The Hall–Kier alpha value is -0.910. The highest BCUT2D eigenvalue weighted by atomic mass is 35.5. The van der Waals surface area contributed by atoms with Crippen LogP contribution in [0.25, 0.3) is 10.8 Å². The molecule has 2 rings (SSSR count). The van der Waals surface area contributed by atoms with E-state index < -0.39 is 0 Å². The van der Waals surface area contributed by atoms with E-state index in [1.807, 2.05) is 18.5 Å². The Labute approximate surface area is 103 Å². The number of halogens is 1. The maximum absolute atomic E-state index is 5.98. The summed E-state index contributed by atoms with van der Waals surface area (Å²) in [4.78, 5) is 0.842. The van der Waals surface area contributed by atoms with Gasteiger partial charge in [-0.25, -0.2) is 0 Å². The van der Waals surface area contributed by atoms with E-state index in [0.29, 0.717) is 16.8 Å². The zero-order chi connectivity index (χ0) is 11.4. The highest BCUT2D eigenvalue weighted by molar-refractivity contribution is 7.14. The van der Waals surface area contributed by atoms with Gasteiger partial charge in [0.2, 0.25) is 5.89 Å². The molecule has 2 aromatic heterocycles. The van der Waals surface area contributed by atoms with Crippen molar-refractivity contribution in [3.63, 3.8) is 0 Å². The van der Waals surface area contributed by atoms with E-state index in [4.69, 9.17) is 16.0 Å². The number of rotatable bonds is 5. The molecule has 0 aliphatic heterocycles. The maximum Gasteiger partial charge on any atom is 0.259 e. The lowest BCUT2D eigenvalue weighted by Gasteiger charge is -1.94. The normalized spacial score (nSPS) is 10.9. The number of nitrogens with zero attached hydrogens (tertiary/aromatic N) is 2. The first-order chi connectivity index (χ1) is 7.81. The van der Waals surface area contributed by atoms with Crippen molar-refractivity contribution in [2.75, 3.05) is 13.6 Å². The summed E-state index contributed by atoms with van der Waals surface area (Å²) in [6, 6.07) is 1.83. The fourth-order valence-corrected chi connectivity index (χ4v) is 2.37. The summed E-state index contributed by atoms with van der Waals surface area (Å²) < 4.78 is 5.53. The van der Waals surface area contributed by atoms with Crippen LogP contribution in [0.3, 0.4) is 0 Å². The van der Waals surface area contributed by atoms with Gasteiger partial charge in [-0.05, 0) is 31.5 Å². The lowest BCUT2D eigenvalue weighted by Crippen LogP contribution is -2.08. The first kappa shape index (κ1) is 11.6. The third-order valence-corrected chi connectivity index (χ3v) is 3.43. The SMILES string of the molecule is CNCCCc1nnc(-c2sccc2Cl)o1. The topological polar surface area (TPSA) is 51.0 Å². The molecule has 4 nitrogen and oxygen atoms in total. The zero-order valence-electron chi connectivity index (χ0n) is 8.86. The van der Waals surface area contributed by atoms with E-state index in [1.165, 1.54) is 11.3 Å². The summed E-state index contributed by atoms with van der Waals surface area (Å²) in [5, 5.41) is 13.6. The molecule has 2 aromatic rings. The molecule has 0 spiro atoms. The molecule has 0 bridgehead atoms. The molecule has 1 N–H and O–H groups in total. The van der Waals surface area contributed by atoms with Gasteiger partial charge in [-0.15, -0.1) is 21.5 Å². The lowest BCUT2D eigenvalue weighted by molar-refractivity contribution is 0.495. The van der Waals surface area contributed by atoms with Crippen LogP contribution in [0.15, 0.2) is 15.9 Å². The van der Waals surface area contributed by atoms with E-state index >= 15 is 0 Å². The number of aryl methyl sites for hydroxylation is 1. The van der Waals surface area contributed by atoms with Crippen LogP contribution >= 0.6 is 22.9 Å². The van der Waals surface area contributed by atoms with Crippen LogP contribution < -0.4 is 5.32 Å². The summed E-state index contributed by atoms with van der Waals surface area (Å²) in [7, 11) is 1.92. The minimum absolute atomic E-state index is 0.513. The first-order valence-corrected chi connectivity index (χ1v) is 6.27. The van der Waals surface area contributed by atoms with Gasteiger partial charge in [-0.1, -0.05) is 11.6 Å². The van der Waals surface area contributed by atoms with Gasteiger partial charge in [0, 0.05) is 6.42 Å². The van der Waals surface area contributed by atoms with Gasteiger partial charge in [0.25, 0.3) is 5.89 Å². The van der Waals surface area contributed by atoms with Crippen molar-refractivity contribution < 1.29 is 4.42 Å². The average Bonchev–Trinajstić information content (AvgIpc) is 2.87. The molecule has 0 saturated carbocycles. The number of hydrogen-bond acceptors (Lipinski definition) is 5. The Balaban J connectivity index is 2.05. The highest BCUT2D eigenvalue weighted by Gasteiger charge is 2.12. The molecule has 0 unspecified atom stereocenters. The Morgan fingerprint density at radius 1 is 1.50 bits per heavy atom. The highest BCUT2D eigenvalue weighted by Crippen LogP contribution is 2.32. The van der Waals surface area contributed by atoms with Crippen LogP contribution in [0.5, 0.6) is 0 Å². The molecule has 0 atom stereocenters. The minimum Gasteiger partial charge on any atom is -0.420 e. The van der Waals surface area contributed by atoms with Gasteiger partial charge >= 0.3 is 0 Å². The molecular weight excluding hydrogens is 246 g/mol. The van der Waals surface area contributed by atoms with Gasteiger partial charge in [0.15, 0.2) is 0 Å². The van der Waals surface area contributed by atoms with Crippen LogP contribution in [0, 0.1) is 0 Å².